The van der Waals surface area contributed by atoms with Gasteiger partial charge in [0.05, 0.1) is 15.0 Å². The number of rotatable bonds is 3. The number of nitrogens with zero attached hydrogens (tertiary/aromatic N) is 3. The van der Waals surface area contributed by atoms with Gasteiger partial charge < -0.3 is 0 Å². The van der Waals surface area contributed by atoms with Gasteiger partial charge in [-0.15, -0.1) is 4.36 Å². The van der Waals surface area contributed by atoms with Crippen molar-refractivity contribution in [3.05, 3.63) is 29.0 Å². The van der Waals surface area contributed by atoms with E-state index < -0.39 is 9.73 Å². The first-order valence-corrected chi connectivity index (χ1v) is 6.89. The maximum absolute atomic E-state index is 12.3. The van der Waals surface area contributed by atoms with E-state index in [4.69, 9.17) is 16.9 Å². The number of hydrogen-bond donors (Lipinski definition) is 0. The first-order valence-electron chi connectivity index (χ1n) is 4.76. The van der Waals surface area contributed by atoms with Gasteiger partial charge in [0.15, 0.2) is 0 Å². The Balaban J connectivity index is 3.16. The average molecular weight is 258 g/mol. The third-order valence-electron chi connectivity index (χ3n) is 2.38. The number of aromatic nitrogens is 1. The van der Waals surface area contributed by atoms with Crippen molar-refractivity contribution < 1.29 is 4.21 Å². The van der Waals surface area contributed by atoms with E-state index in [9.17, 15) is 4.21 Å². The number of nitriles is 1. The van der Waals surface area contributed by atoms with Gasteiger partial charge in [-0.2, -0.15) is 5.26 Å². The highest BCUT2D eigenvalue weighted by atomic mass is 35.5. The van der Waals surface area contributed by atoms with E-state index in [0.717, 1.165) is 5.56 Å². The highest BCUT2D eigenvalue weighted by molar-refractivity contribution is 7.93. The van der Waals surface area contributed by atoms with Crippen LogP contribution in [-0.2, 0) is 9.73 Å². The molecule has 0 fully saturated rings. The lowest BCUT2D eigenvalue weighted by Crippen LogP contribution is -2.12. The molecule has 0 aliphatic rings. The van der Waals surface area contributed by atoms with Crippen molar-refractivity contribution in [3.8, 4) is 6.19 Å². The third kappa shape index (κ3) is 2.71. The van der Waals surface area contributed by atoms with E-state index in [0.29, 0.717) is 10.9 Å². The van der Waals surface area contributed by atoms with Crippen LogP contribution in [0.1, 0.15) is 24.7 Å². The second-order valence-corrected chi connectivity index (χ2v) is 6.46. The molecule has 0 aliphatic carbocycles. The van der Waals surface area contributed by atoms with Crippen molar-refractivity contribution in [1.82, 2.24) is 4.98 Å². The fourth-order valence-corrected chi connectivity index (χ4v) is 2.90. The van der Waals surface area contributed by atoms with Crippen molar-refractivity contribution in [2.75, 3.05) is 5.75 Å². The molecule has 0 amide bonds. The van der Waals surface area contributed by atoms with E-state index in [1.54, 1.807) is 38.4 Å². The van der Waals surface area contributed by atoms with Crippen molar-refractivity contribution in [3.63, 3.8) is 0 Å². The van der Waals surface area contributed by atoms with Gasteiger partial charge in [0.1, 0.15) is 5.15 Å². The molecule has 0 radical (unpaired) electrons. The summed E-state index contributed by atoms with van der Waals surface area (Å²) in [6.45, 7) is 3.53. The molecule has 0 aromatic carbocycles. The summed E-state index contributed by atoms with van der Waals surface area (Å²) >= 11 is 5.67. The standard InChI is InChI=1S/C10H12ClN3OS/c1-3-16(15,14-7-12)8(2)9-4-5-10(11)13-6-9/h4-6,8H,3H2,1-2H3/t8-,16?/m0/s1. The monoisotopic (exact) mass is 257 g/mol. The maximum atomic E-state index is 12.3. The molecule has 0 saturated carbocycles. The molecule has 6 heteroatoms. The minimum atomic E-state index is -2.54. The Morgan fingerprint density at radius 2 is 2.38 bits per heavy atom. The van der Waals surface area contributed by atoms with Crippen LogP contribution in [-0.4, -0.2) is 14.9 Å². The molecule has 1 rings (SSSR count). The van der Waals surface area contributed by atoms with Crippen molar-refractivity contribution >= 4 is 21.3 Å². The molecule has 1 aromatic heterocycles. The van der Waals surface area contributed by atoms with E-state index in [1.165, 1.54) is 0 Å². The zero-order valence-electron chi connectivity index (χ0n) is 9.05. The van der Waals surface area contributed by atoms with Crippen LogP contribution in [0.5, 0.6) is 0 Å². The summed E-state index contributed by atoms with van der Waals surface area (Å²) in [5, 5.41) is 8.59. The summed E-state index contributed by atoms with van der Waals surface area (Å²) in [6, 6.07) is 3.39. The Labute approximate surface area is 100 Å². The second kappa shape index (κ2) is 5.28. The van der Waals surface area contributed by atoms with E-state index in [1.807, 2.05) is 0 Å². The Morgan fingerprint density at radius 3 is 2.81 bits per heavy atom. The quantitative estimate of drug-likeness (QED) is 0.618. The average Bonchev–Trinajstić information content (AvgIpc) is 2.29. The first-order chi connectivity index (χ1) is 7.53. The van der Waals surface area contributed by atoms with Gasteiger partial charge in [-0.3, -0.25) is 0 Å². The van der Waals surface area contributed by atoms with Gasteiger partial charge in [0.2, 0.25) is 6.19 Å². The first kappa shape index (κ1) is 12.9. The van der Waals surface area contributed by atoms with Gasteiger partial charge in [-0.1, -0.05) is 24.6 Å². The molecule has 86 valence electrons. The summed E-state index contributed by atoms with van der Waals surface area (Å²) < 4.78 is 15.8. The molecule has 0 bridgehead atoms. The second-order valence-electron chi connectivity index (χ2n) is 3.23. The highest BCUT2D eigenvalue weighted by Gasteiger charge is 2.19. The number of pyridine rings is 1. The lowest BCUT2D eigenvalue weighted by Gasteiger charge is -2.14. The van der Waals surface area contributed by atoms with Gasteiger partial charge in [-0.25, -0.2) is 9.19 Å². The Kier molecular flexibility index (Phi) is 4.27. The number of halogens is 1. The van der Waals surface area contributed by atoms with E-state index in [2.05, 4.69) is 9.35 Å². The molecule has 0 saturated heterocycles. The van der Waals surface area contributed by atoms with Gasteiger partial charge in [0, 0.05) is 11.9 Å². The Bertz CT molecular complexity index is 512. The van der Waals surface area contributed by atoms with Crippen LogP contribution in [0.2, 0.25) is 5.15 Å². The van der Waals surface area contributed by atoms with Gasteiger partial charge in [0.25, 0.3) is 0 Å². The summed E-state index contributed by atoms with van der Waals surface area (Å²) in [6.07, 6.45) is 3.19. The van der Waals surface area contributed by atoms with Crippen LogP contribution in [0.25, 0.3) is 0 Å². The molecule has 0 spiro atoms. The molecular formula is C10H12ClN3OS. The summed E-state index contributed by atoms with van der Waals surface area (Å²) in [7, 11) is -2.54. The van der Waals surface area contributed by atoms with Gasteiger partial charge >= 0.3 is 0 Å². The molecule has 4 nitrogen and oxygen atoms in total. The largest absolute Gasteiger partial charge is 0.248 e. The van der Waals surface area contributed by atoms with Crippen LogP contribution in [0.4, 0.5) is 0 Å². The summed E-state index contributed by atoms with van der Waals surface area (Å²) in [5.41, 5.74) is 0.773. The molecule has 16 heavy (non-hydrogen) atoms. The maximum Gasteiger partial charge on any atom is 0.214 e. The van der Waals surface area contributed by atoms with Crippen LogP contribution in [0.15, 0.2) is 22.7 Å². The Hall–Kier alpha value is -1.12. The fourth-order valence-electron chi connectivity index (χ4n) is 1.30. The van der Waals surface area contributed by atoms with Crippen molar-refractivity contribution in [2.45, 2.75) is 19.1 Å². The predicted molar refractivity (Wildman–Crippen MR) is 64.4 cm³/mol. The van der Waals surface area contributed by atoms with Crippen LogP contribution in [0.3, 0.4) is 0 Å². The zero-order chi connectivity index (χ0) is 12.2. The zero-order valence-corrected chi connectivity index (χ0v) is 10.6. The minimum Gasteiger partial charge on any atom is -0.248 e. The molecule has 1 unspecified atom stereocenters. The Morgan fingerprint density at radius 1 is 1.69 bits per heavy atom. The van der Waals surface area contributed by atoms with Gasteiger partial charge in [-0.05, 0) is 18.6 Å². The number of hydrogen-bond acceptors (Lipinski definition) is 4. The molecule has 2 atom stereocenters. The third-order valence-corrected chi connectivity index (χ3v) is 5.20. The van der Waals surface area contributed by atoms with Crippen molar-refractivity contribution in [1.29, 1.82) is 5.26 Å². The topological polar surface area (TPSA) is 66.1 Å². The van der Waals surface area contributed by atoms with Crippen LogP contribution in [0, 0.1) is 11.5 Å². The minimum absolute atomic E-state index is 0.332. The summed E-state index contributed by atoms with van der Waals surface area (Å²) in [4.78, 5) is 3.92. The van der Waals surface area contributed by atoms with Crippen molar-refractivity contribution in [2.24, 2.45) is 4.36 Å². The van der Waals surface area contributed by atoms with Crippen LogP contribution >= 0.6 is 11.6 Å². The molecule has 1 heterocycles. The molecule has 0 N–H and O–H groups in total. The summed E-state index contributed by atoms with van der Waals surface area (Å²) in [5.74, 6) is 0.338. The van der Waals surface area contributed by atoms with Crippen LogP contribution < -0.4 is 0 Å². The highest BCUT2D eigenvalue weighted by Crippen LogP contribution is 2.24. The lowest BCUT2D eigenvalue weighted by atomic mass is 10.2. The smallest absolute Gasteiger partial charge is 0.214 e. The SMILES string of the molecule is CCS(=O)(=NC#N)[C@@H](C)c1ccc(Cl)nc1. The van der Waals surface area contributed by atoms with E-state index >= 15 is 0 Å². The molecular weight excluding hydrogens is 246 g/mol. The predicted octanol–water partition coefficient (Wildman–Crippen LogP) is 2.76. The normalized spacial score (nSPS) is 15.9. The lowest BCUT2D eigenvalue weighted by molar-refractivity contribution is 0.669. The van der Waals surface area contributed by atoms with E-state index in [-0.39, 0.29) is 5.25 Å². The molecule has 0 aliphatic heterocycles. The molecule has 1 aromatic rings. The fraction of sp³-hybridized carbons (Fsp3) is 0.400.